The molecular formula is C66H60F3Ir2N6O7Pt-3. The van der Waals surface area contributed by atoms with Crippen molar-refractivity contribution in [1.29, 1.82) is 0 Å². The molecule has 0 bridgehead atoms. The fourth-order valence-electron chi connectivity index (χ4n) is 7.69. The Morgan fingerprint density at radius 1 is 0.376 bits per heavy atom. The van der Waals surface area contributed by atoms with Gasteiger partial charge in [0, 0.05) is 78.0 Å². The summed E-state index contributed by atoms with van der Waals surface area (Å²) in [6.45, 7) is 8.69. The number of aliphatic hydroxyl groups is 4. The fraction of sp³-hybridized carbons (Fsp3) is 0.182. The second kappa shape index (κ2) is 35.3. The van der Waals surface area contributed by atoms with Gasteiger partial charge in [0.1, 0.15) is 0 Å². The van der Waals surface area contributed by atoms with E-state index in [2.05, 4.69) is 80.0 Å². The molecule has 13 nitrogen and oxygen atoms in total. The summed E-state index contributed by atoms with van der Waals surface area (Å²) in [7, 11) is 0. The average molecular weight is 1690 g/mol. The second-order valence-electron chi connectivity index (χ2n) is 18.9. The van der Waals surface area contributed by atoms with Crippen molar-refractivity contribution in [1.82, 2.24) is 30.6 Å². The van der Waals surface area contributed by atoms with E-state index < -0.39 is 11.7 Å². The van der Waals surface area contributed by atoms with Gasteiger partial charge in [0.2, 0.25) is 17.7 Å². The smallest absolute Gasteiger partial charge is 0.416 e. The Bertz CT molecular complexity index is 3330. The monoisotopic (exact) mass is 1690 g/mol. The van der Waals surface area contributed by atoms with Crippen molar-refractivity contribution < 1.29 is 108 Å². The molecule has 0 fully saturated rings. The number of aliphatic hydroxyl groups excluding tert-OH is 4. The first-order valence-electron chi connectivity index (χ1n) is 26.1. The number of alkyl halides is 3. The van der Waals surface area contributed by atoms with E-state index in [4.69, 9.17) is 33.7 Å². The van der Waals surface area contributed by atoms with Crippen molar-refractivity contribution in [3.05, 3.63) is 230 Å². The van der Waals surface area contributed by atoms with Gasteiger partial charge in [-0.2, -0.15) is 28.5 Å². The molecule has 0 saturated heterocycles. The molecule has 3 aromatic heterocycles. The van der Waals surface area contributed by atoms with Crippen LogP contribution in [0, 0.1) is 25.1 Å². The normalized spacial score (nSPS) is 11.9. The van der Waals surface area contributed by atoms with Gasteiger partial charge >= 0.3 is 6.18 Å². The van der Waals surface area contributed by atoms with Crippen LogP contribution in [0.2, 0.25) is 0 Å². The minimum atomic E-state index is -4.36. The van der Waals surface area contributed by atoms with Crippen LogP contribution in [0.3, 0.4) is 0 Å². The third-order valence-corrected chi connectivity index (χ3v) is 11.7. The Balaban J connectivity index is 0.000000257. The van der Waals surface area contributed by atoms with Gasteiger partial charge in [-0.05, 0) is 95.0 Å². The van der Waals surface area contributed by atoms with E-state index in [1.807, 2.05) is 133 Å². The van der Waals surface area contributed by atoms with Crippen molar-refractivity contribution >= 4 is 0 Å². The Morgan fingerprint density at radius 2 is 0.682 bits per heavy atom. The number of hydrogen-bond donors (Lipinski definition) is 4. The summed E-state index contributed by atoms with van der Waals surface area (Å²) in [5, 5.41) is 58.6. The Morgan fingerprint density at radius 3 is 1.01 bits per heavy atom. The summed E-state index contributed by atoms with van der Waals surface area (Å²) in [5.74, 6) is 2.74. The van der Waals surface area contributed by atoms with Crippen molar-refractivity contribution in [2.45, 2.75) is 78.1 Å². The molecule has 19 heteroatoms. The third kappa shape index (κ3) is 22.6. The van der Waals surface area contributed by atoms with Gasteiger partial charge in [-0.1, -0.05) is 130 Å². The molecule has 85 heavy (non-hydrogen) atoms. The SMILES string of the molecule is CC(O)CC(C)O.CC(O)CC(C)O.Cc1ccc(-c2ccc(-c3nnc(-c4[c-]cc(-c5ccc(C(F)(F)F)cc5)cc4)o3)cc2)cc1.[Ir].[Ir].[Pt].[c-]1ccccc1-c1nnc(-c2ccccc2)o1.[c-]1ccccc1-c1nnc(-c2ccccc2)o1. The van der Waals surface area contributed by atoms with Crippen molar-refractivity contribution in [2.75, 3.05) is 0 Å². The summed E-state index contributed by atoms with van der Waals surface area (Å²) in [6, 6.07) is 70.1. The van der Waals surface area contributed by atoms with Crippen LogP contribution in [0.1, 0.15) is 51.7 Å². The molecule has 4 N–H and O–H groups in total. The molecule has 2 radical (unpaired) electrons. The van der Waals surface area contributed by atoms with Gasteiger partial charge in [0.05, 0.1) is 30.0 Å². The number of benzene rings is 8. The van der Waals surface area contributed by atoms with Crippen LogP contribution in [0.25, 0.3) is 91.0 Å². The van der Waals surface area contributed by atoms with Crippen molar-refractivity contribution in [3.63, 3.8) is 0 Å². The molecule has 4 atom stereocenters. The van der Waals surface area contributed by atoms with Gasteiger partial charge in [-0.15, -0.1) is 100 Å². The number of aryl methyl sites for hydroxylation is 1. The molecule has 0 spiro atoms. The van der Waals surface area contributed by atoms with Gasteiger partial charge in [0.15, 0.2) is 17.7 Å². The maximum Gasteiger partial charge on any atom is 0.416 e. The first-order chi connectivity index (χ1) is 39.5. The number of nitrogens with zero attached hydrogens (tertiary/aromatic N) is 6. The van der Waals surface area contributed by atoms with Crippen LogP contribution in [0.4, 0.5) is 13.2 Å². The van der Waals surface area contributed by atoms with Crippen LogP contribution in [0.5, 0.6) is 0 Å². The molecular weight excluding hydrogens is 1630 g/mol. The van der Waals surface area contributed by atoms with E-state index in [1.54, 1.807) is 45.9 Å². The molecule has 0 aliphatic carbocycles. The minimum Gasteiger partial charge on any atom is -0.464 e. The zero-order chi connectivity index (χ0) is 58.4. The molecule has 0 amide bonds. The molecule has 8 aromatic carbocycles. The number of rotatable bonds is 12. The predicted octanol–water partition coefficient (Wildman–Crippen LogP) is 14.5. The number of halogens is 3. The first kappa shape index (κ1) is 70.3. The predicted molar refractivity (Wildman–Crippen MR) is 309 cm³/mol. The first-order valence-corrected chi connectivity index (χ1v) is 26.1. The Kier molecular flexibility index (Phi) is 29.2. The zero-order valence-corrected chi connectivity index (χ0v) is 53.7. The van der Waals surface area contributed by atoms with Crippen molar-refractivity contribution in [2.24, 2.45) is 0 Å². The summed E-state index contributed by atoms with van der Waals surface area (Å²) < 4.78 is 55.3. The van der Waals surface area contributed by atoms with Crippen molar-refractivity contribution in [3.8, 4) is 91.0 Å². The molecule has 0 aliphatic heterocycles. The average Bonchev–Trinajstić information content (AvgIpc) is 4.37. The maximum atomic E-state index is 12.8. The van der Waals surface area contributed by atoms with E-state index >= 15 is 0 Å². The van der Waals surface area contributed by atoms with Crippen LogP contribution in [0.15, 0.2) is 213 Å². The van der Waals surface area contributed by atoms with Gasteiger partial charge < -0.3 is 33.7 Å². The van der Waals surface area contributed by atoms with Gasteiger partial charge in [0.25, 0.3) is 0 Å². The Hall–Kier alpha value is -7.20. The second-order valence-corrected chi connectivity index (χ2v) is 18.9. The van der Waals surface area contributed by atoms with E-state index in [9.17, 15) is 13.2 Å². The molecule has 0 aliphatic rings. The van der Waals surface area contributed by atoms with E-state index in [0.717, 1.165) is 56.6 Å². The quantitative estimate of drug-likeness (QED) is 0.0844. The van der Waals surface area contributed by atoms with Gasteiger partial charge in [-0.25, -0.2) is 0 Å². The minimum absolute atomic E-state index is 0. The summed E-state index contributed by atoms with van der Waals surface area (Å²) in [5.41, 5.74) is 9.02. The Labute approximate surface area is 533 Å². The van der Waals surface area contributed by atoms with Crippen LogP contribution in [-0.4, -0.2) is 75.4 Å². The topological polar surface area (TPSA) is 198 Å². The summed E-state index contributed by atoms with van der Waals surface area (Å²) >= 11 is 0. The summed E-state index contributed by atoms with van der Waals surface area (Å²) in [4.78, 5) is 0. The molecule has 11 rings (SSSR count). The molecule has 11 aromatic rings. The standard InChI is InChI=1S/C28H18F3N2O.2C14H9N2O.2C5H12O2.2Ir.Pt/c1-18-2-4-19(5-3-18)20-6-10-23(11-7-20)26-32-33-27(34-26)24-12-8-21(9-13-24)22-14-16-25(17-15-22)28(29,30)31;2*1-3-7-11(8-4-1)13-15-16-14(17-13)12-9-5-2-6-10-12;2*1-4(6)3-5(2)7;;;/h2-12,14-17H,1H3;2*1-9H;2*4-7H,3H2,1-2H3;;;/q3*-1;;;;;. The van der Waals surface area contributed by atoms with E-state index in [0.29, 0.717) is 59.3 Å². The zero-order valence-electron chi connectivity index (χ0n) is 46.6. The third-order valence-electron chi connectivity index (χ3n) is 11.7. The van der Waals surface area contributed by atoms with E-state index in [1.165, 1.54) is 17.7 Å². The number of hydrogen-bond acceptors (Lipinski definition) is 13. The number of aromatic nitrogens is 6. The van der Waals surface area contributed by atoms with Crippen LogP contribution >= 0.6 is 0 Å². The van der Waals surface area contributed by atoms with Crippen LogP contribution < -0.4 is 0 Å². The molecule has 0 saturated carbocycles. The molecule has 4 unspecified atom stereocenters. The summed E-state index contributed by atoms with van der Waals surface area (Å²) in [6.07, 6.45) is -4.91. The van der Waals surface area contributed by atoms with Crippen LogP contribution in [-0.2, 0) is 67.5 Å². The largest absolute Gasteiger partial charge is 0.464 e. The van der Waals surface area contributed by atoms with E-state index in [-0.39, 0.29) is 85.7 Å². The molecule has 448 valence electrons. The molecule has 3 heterocycles. The maximum absolute atomic E-state index is 12.8. The fourth-order valence-corrected chi connectivity index (χ4v) is 7.69. The van der Waals surface area contributed by atoms with Gasteiger partial charge in [-0.3, -0.25) is 0 Å².